The van der Waals surface area contributed by atoms with Gasteiger partial charge in [0.05, 0.1) is 0 Å². The lowest BCUT2D eigenvalue weighted by Gasteiger charge is -2.62. The molecule has 2 rings (SSSR count). The van der Waals surface area contributed by atoms with Gasteiger partial charge in [0.2, 0.25) is 0 Å². The van der Waals surface area contributed by atoms with Crippen LogP contribution in [0.15, 0.2) is 12.3 Å². The second kappa shape index (κ2) is 6.43. The van der Waals surface area contributed by atoms with Crippen molar-refractivity contribution in [3.63, 3.8) is 0 Å². The summed E-state index contributed by atoms with van der Waals surface area (Å²) >= 11 is 4.17. The molecule has 0 spiro atoms. The highest BCUT2D eigenvalue weighted by molar-refractivity contribution is 9.10. The lowest BCUT2D eigenvalue weighted by atomic mass is 9.49. The van der Waals surface area contributed by atoms with E-state index in [1.165, 1.54) is 44.2 Å². The maximum atomic E-state index is 4.53. The summed E-state index contributed by atoms with van der Waals surface area (Å²) in [7, 11) is 2.48. The van der Waals surface area contributed by atoms with Gasteiger partial charge in [0.15, 0.2) is 0 Å². The van der Waals surface area contributed by atoms with Gasteiger partial charge >= 0.3 is 0 Å². The molecular formula is C20H37BBrN. The number of alkyl halides is 1. The summed E-state index contributed by atoms with van der Waals surface area (Å²) in [6.45, 7) is 18.7. The number of rotatable bonds is 5. The first-order chi connectivity index (χ1) is 10.4. The molecule has 0 aliphatic heterocycles. The third-order valence-electron chi connectivity index (χ3n) is 6.25. The molecule has 2 saturated carbocycles. The van der Waals surface area contributed by atoms with Crippen LogP contribution >= 0.6 is 15.9 Å². The van der Waals surface area contributed by atoms with Crippen molar-refractivity contribution in [3.8, 4) is 0 Å². The van der Waals surface area contributed by atoms with Crippen LogP contribution in [0.1, 0.15) is 80.1 Å². The lowest BCUT2D eigenvalue weighted by molar-refractivity contribution is -0.0304. The Balaban J connectivity index is 2.48. The molecular weight excluding hydrogens is 345 g/mol. The minimum atomic E-state index is 0.277. The minimum Gasteiger partial charge on any atom is -0.367 e. The molecule has 0 radical (unpaired) electrons. The average Bonchev–Trinajstić information content (AvgIpc) is 2.34. The molecule has 0 aromatic rings. The Kier molecular flexibility index (Phi) is 5.42. The summed E-state index contributed by atoms with van der Waals surface area (Å²) in [5, 5.41) is 0.440. The molecule has 0 N–H and O–H groups in total. The van der Waals surface area contributed by atoms with Gasteiger partial charge in [-0.3, -0.25) is 0 Å². The Hall–Kier alpha value is 0.0849. The number of hydrogen-bond donors (Lipinski definition) is 0. The molecule has 2 fully saturated rings. The fraction of sp³-hybridized carbons (Fsp3) is 0.900. The predicted molar refractivity (Wildman–Crippen MR) is 109 cm³/mol. The van der Waals surface area contributed by atoms with Crippen LogP contribution in [-0.4, -0.2) is 28.7 Å². The van der Waals surface area contributed by atoms with Gasteiger partial charge in [0.25, 0.3) is 0 Å². The standard InChI is InChI=1S/C20H37BBrN/c1-8-19(22)10-17-9-18(7,21)12-20(11-17,13-19)23(15(4)5)16(6)14(2)3/h14-15,17H,6,8-13,21H2,1-5,7H3. The second-order valence-corrected chi connectivity index (χ2v) is 11.5. The third kappa shape index (κ3) is 3.85. The van der Waals surface area contributed by atoms with Crippen molar-refractivity contribution in [2.24, 2.45) is 11.8 Å². The first-order valence-corrected chi connectivity index (χ1v) is 10.4. The number of fused-ring (bicyclic) bond motifs is 2. The topological polar surface area (TPSA) is 3.24 Å². The molecule has 2 aliphatic carbocycles. The van der Waals surface area contributed by atoms with E-state index in [1.807, 2.05) is 0 Å². The molecule has 0 aromatic carbocycles. The fourth-order valence-electron chi connectivity index (χ4n) is 5.88. The van der Waals surface area contributed by atoms with Crippen LogP contribution in [0.2, 0.25) is 5.31 Å². The Morgan fingerprint density at radius 2 is 1.83 bits per heavy atom. The van der Waals surface area contributed by atoms with E-state index in [4.69, 9.17) is 0 Å². The average molecular weight is 382 g/mol. The summed E-state index contributed by atoms with van der Waals surface area (Å²) in [5.41, 5.74) is 1.61. The molecule has 0 saturated heterocycles. The SMILES string of the molecule is BC1(C)CC2CC(Br)(CC)CC(N(C(=C)C(C)C)C(C)C)(C2)C1. The molecule has 2 aliphatic rings. The molecule has 1 nitrogen and oxygen atoms in total. The molecule has 23 heavy (non-hydrogen) atoms. The zero-order valence-corrected chi connectivity index (χ0v) is 18.1. The second-order valence-electron chi connectivity index (χ2n) is 9.83. The van der Waals surface area contributed by atoms with Gasteiger partial charge in [-0.25, -0.2) is 0 Å². The van der Waals surface area contributed by atoms with Crippen LogP contribution in [0, 0.1) is 11.8 Å². The molecule has 0 amide bonds. The van der Waals surface area contributed by atoms with Crippen molar-refractivity contribution >= 4 is 23.8 Å². The number of nitrogens with zero attached hydrogens (tertiary/aromatic N) is 1. The first-order valence-electron chi connectivity index (χ1n) is 9.61. The predicted octanol–water partition coefficient (Wildman–Crippen LogP) is 5.55. The van der Waals surface area contributed by atoms with E-state index in [2.05, 4.69) is 76.8 Å². The normalized spacial score (nSPS) is 40.5. The monoisotopic (exact) mass is 381 g/mol. The van der Waals surface area contributed by atoms with Crippen LogP contribution in [0.25, 0.3) is 0 Å². The van der Waals surface area contributed by atoms with Crippen LogP contribution < -0.4 is 0 Å². The molecule has 4 atom stereocenters. The molecule has 3 heteroatoms. The van der Waals surface area contributed by atoms with E-state index in [9.17, 15) is 0 Å². The smallest absolute Gasteiger partial charge is 0.109 e. The summed E-state index contributed by atoms with van der Waals surface area (Å²) in [6.07, 6.45) is 7.87. The van der Waals surface area contributed by atoms with Crippen molar-refractivity contribution in [1.29, 1.82) is 0 Å². The van der Waals surface area contributed by atoms with E-state index < -0.39 is 0 Å². The van der Waals surface area contributed by atoms with Gasteiger partial charge in [-0.2, -0.15) is 0 Å². The zero-order valence-electron chi connectivity index (χ0n) is 16.5. The zero-order chi connectivity index (χ0) is 17.6. The van der Waals surface area contributed by atoms with Crippen LogP contribution in [0.4, 0.5) is 0 Å². The van der Waals surface area contributed by atoms with Crippen molar-refractivity contribution < 1.29 is 0 Å². The number of hydrogen-bond acceptors (Lipinski definition) is 1. The number of halogens is 1. The van der Waals surface area contributed by atoms with E-state index in [0.29, 0.717) is 21.6 Å². The maximum Gasteiger partial charge on any atom is 0.109 e. The van der Waals surface area contributed by atoms with Crippen LogP contribution in [-0.2, 0) is 0 Å². The Morgan fingerprint density at radius 3 is 2.30 bits per heavy atom. The van der Waals surface area contributed by atoms with E-state index in [-0.39, 0.29) is 5.54 Å². The van der Waals surface area contributed by atoms with Crippen LogP contribution in [0.5, 0.6) is 0 Å². The Morgan fingerprint density at radius 1 is 1.22 bits per heavy atom. The van der Waals surface area contributed by atoms with Crippen molar-refractivity contribution in [3.05, 3.63) is 12.3 Å². The quantitative estimate of drug-likeness (QED) is 0.445. The summed E-state index contributed by atoms with van der Waals surface area (Å²) < 4.78 is 0.316. The van der Waals surface area contributed by atoms with E-state index >= 15 is 0 Å². The fourth-order valence-corrected chi connectivity index (χ4v) is 6.86. The van der Waals surface area contributed by atoms with Gasteiger partial charge in [-0.1, -0.05) is 61.9 Å². The van der Waals surface area contributed by atoms with Crippen molar-refractivity contribution in [2.75, 3.05) is 0 Å². The summed E-state index contributed by atoms with van der Waals surface area (Å²) in [5.74, 6) is 1.36. The highest BCUT2D eigenvalue weighted by Crippen LogP contribution is 2.61. The van der Waals surface area contributed by atoms with Crippen LogP contribution in [0.3, 0.4) is 0 Å². The van der Waals surface area contributed by atoms with E-state index in [1.54, 1.807) is 0 Å². The molecule has 0 aromatic heterocycles. The third-order valence-corrected chi connectivity index (χ3v) is 7.42. The largest absolute Gasteiger partial charge is 0.367 e. The highest BCUT2D eigenvalue weighted by atomic mass is 79.9. The molecule has 132 valence electrons. The van der Waals surface area contributed by atoms with Gasteiger partial charge < -0.3 is 4.90 Å². The summed E-state index contributed by atoms with van der Waals surface area (Å²) in [6, 6.07) is 0.520. The minimum absolute atomic E-state index is 0.277. The van der Waals surface area contributed by atoms with Gasteiger partial charge in [-0.15, -0.1) is 0 Å². The van der Waals surface area contributed by atoms with Gasteiger partial charge in [0.1, 0.15) is 7.85 Å². The molecule has 2 bridgehead atoms. The molecule has 0 heterocycles. The number of allylic oxidation sites excluding steroid dienone is 1. The lowest BCUT2D eigenvalue weighted by Crippen LogP contribution is -2.62. The summed E-state index contributed by atoms with van der Waals surface area (Å²) in [4.78, 5) is 2.73. The molecule has 4 unspecified atom stereocenters. The Bertz CT molecular complexity index is 459. The highest BCUT2D eigenvalue weighted by Gasteiger charge is 2.55. The maximum absolute atomic E-state index is 4.53. The van der Waals surface area contributed by atoms with Crippen molar-refractivity contribution in [1.82, 2.24) is 4.90 Å². The van der Waals surface area contributed by atoms with Gasteiger partial charge in [0, 0.05) is 21.6 Å². The first kappa shape index (κ1) is 19.4. The van der Waals surface area contributed by atoms with Gasteiger partial charge in [-0.05, 0) is 57.8 Å². The Labute approximate surface area is 154 Å². The van der Waals surface area contributed by atoms with Crippen molar-refractivity contribution in [2.45, 2.75) is 101 Å². The van der Waals surface area contributed by atoms with E-state index in [0.717, 1.165) is 5.92 Å².